The van der Waals surface area contributed by atoms with Gasteiger partial charge in [-0.15, -0.1) is 0 Å². The maximum absolute atomic E-state index is 13.7. The van der Waals surface area contributed by atoms with Gasteiger partial charge in [-0.1, -0.05) is 0 Å². The number of anilines is 3. The molecule has 0 aliphatic heterocycles. The number of aryl methyl sites for hydroxylation is 1. The molecule has 100 valence electrons. The number of hydrogen-bond donors (Lipinski definition) is 2. The Morgan fingerprint density at radius 2 is 2.16 bits per heavy atom. The van der Waals surface area contributed by atoms with E-state index < -0.39 is 5.82 Å². The quantitative estimate of drug-likeness (QED) is 0.886. The molecule has 5 heteroatoms. The zero-order valence-electron chi connectivity index (χ0n) is 10.9. The van der Waals surface area contributed by atoms with Crippen molar-refractivity contribution in [2.75, 3.05) is 17.7 Å². The van der Waals surface area contributed by atoms with Crippen molar-refractivity contribution in [1.29, 1.82) is 0 Å². The van der Waals surface area contributed by atoms with Gasteiger partial charge in [0.25, 0.3) is 0 Å². The van der Waals surface area contributed by atoms with Crippen molar-refractivity contribution >= 4 is 17.2 Å². The summed E-state index contributed by atoms with van der Waals surface area (Å²) in [6.45, 7) is 4.12. The number of nitrogens with one attached hydrogen (secondary N) is 1. The van der Waals surface area contributed by atoms with Crippen molar-refractivity contribution in [1.82, 2.24) is 4.98 Å². The van der Waals surface area contributed by atoms with E-state index in [0.29, 0.717) is 23.8 Å². The van der Waals surface area contributed by atoms with Gasteiger partial charge in [-0.25, -0.2) is 9.37 Å². The minimum absolute atomic E-state index is 0.240. The third-order valence-corrected chi connectivity index (χ3v) is 2.65. The summed E-state index contributed by atoms with van der Waals surface area (Å²) < 4.78 is 18.8. The summed E-state index contributed by atoms with van der Waals surface area (Å²) in [6, 6.07) is 6.39. The first-order chi connectivity index (χ1) is 9.10. The SMILES string of the molecule is CCOc1ccc(Nc2cc(N)c(C)cn2)cc1F. The fourth-order valence-corrected chi connectivity index (χ4v) is 1.61. The molecule has 0 aliphatic rings. The molecule has 0 saturated heterocycles. The van der Waals surface area contributed by atoms with E-state index >= 15 is 0 Å². The number of aromatic nitrogens is 1. The van der Waals surface area contributed by atoms with Gasteiger partial charge in [0.15, 0.2) is 11.6 Å². The first-order valence-electron chi connectivity index (χ1n) is 6.01. The lowest BCUT2D eigenvalue weighted by molar-refractivity contribution is 0.321. The number of ether oxygens (including phenoxy) is 1. The van der Waals surface area contributed by atoms with Crippen LogP contribution in [0.3, 0.4) is 0 Å². The monoisotopic (exact) mass is 261 g/mol. The summed E-state index contributed by atoms with van der Waals surface area (Å²) in [5.74, 6) is 0.406. The Kier molecular flexibility index (Phi) is 3.85. The van der Waals surface area contributed by atoms with Crippen LogP contribution in [0.4, 0.5) is 21.6 Å². The number of pyridine rings is 1. The minimum Gasteiger partial charge on any atom is -0.491 e. The van der Waals surface area contributed by atoms with Gasteiger partial charge in [-0.05, 0) is 31.5 Å². The maximum Gasteiger partial charge on any atom is 0.167 e. The zero-order valence-corrected chi connectivity index (χ0v) is 10.9. The standard InChI is InChI=1S/C14H16FN3O/c1-3-19-13-5-4-10(6-11(13)15)18-14-7-12(16)9(2)8-17-14/h4-8H,3H2,1-2H3,(H3,16,17,18). The molecule has 1 aromatic carbocycles. The molecule has 0 fully saturated rings. The highest BCUT2D eigenvalue weighted by molar-refractivity contribution is 5.62. The van der Waals surface area contributed by atoms with E-state index in [-0.39, 0.29) is 5.75 Å². The Bertz CT molecular complexity index is 587. The Labute approximate surface area is 111 Å². The highest BCUT2D eigenvalue weighted by Crippen LogP contribution is 2.24. The van der Waals surface area contributed by atoms with Crippen LogP contribution in [-0.4, -0.2) is 11.6 Å². The summed E-state index contributed by atoms with van der Waals surface area (Å²) in [6.07, 6.45) is 1.67. The van der Waals surface area contributed by atoms with Crippen molar-refractivity contribution in [2.24, 2.45) is 0 Å². The molecule has 3 N–H and O–H groups in total. The molecule has 0 bridgehead atoms. The van der Waals surface area contributed by atoms with Crippen LogP contribution in [-0.2, 0) is 0 Å². The van der Waals surface area contributed by atoms with Gasteiger partial charge in [0, 0.05) is 29.7 Å². The van der Waals surface area contributed by atoms with Crippen molar-refractivity contribution in [3.8, 4) is 5.75 Å². The predicted molar refractivity (Wildman–Crippen MR) is 74.2 cm³/mol. The molecule has 4 nitrogen and oxygen atoms in total. The van der Waals surface area contributed by atoms with Crippen molar-refractivity contribution in [3.63, 3.8) is 0 Å². The summed E-state index contributed by atoms with van der Waals surface area (Å²) in [5.41, 5.74) is 7.94. The molecule has 2 aromatic rings. The Hall–Kier alpha value is -2.30. The molecule has 0 aliphatic carbocycles. The average molecular weight is 261 g/mol. The molecule has 1 aromatic heterocycles. The second kappa shape index (κ2) is 5.56. The van der Waals surface area contributed by atoms with E-state index in [1.165, 1.54) is 6.07 Å². The lowest BCUT2D eigenvalue weighted by atomic mass is 10.2. The van der Waals surface area contributed by atoms with Crippen LogP contribution < -0.4 is 15.8 Å². The number of benzene rings is 1. The second-order valence-electron chi connectivity index (χ2n) is 4.13. The van der Waals surface area contributed by atoms with Crippen molar-refractivity contribution < 1.29 is 9.13 Å². The number of rotatable bonds is 4. The zero-order chi connectivity index (χ0) is 13.8. The van der Waals surface area contributed by atoms with E-state index in [1.807, 2.05) is 13.8 Å². The van der Waals surface area contributed by atoms with Gasteiger partial charge >= 0.3 is 0 Å². The Balaban J connectivity index is 2.19. The van der Waals surface area contributed by atoms with Crippen LogP contribution in [0.15, 0.2) is 30.5 Å². The first-order valence-corrected chi connectivity index (χ1v) is 6.01. The molecule has 0 atom stereocenters. The first kappa shape index (κ1) is 13.1. The van der Waals surface area contributed by atoms with E-state index in [0.717, 1.165) is 5.56 Å². The van der Waals surface area contributed by atoms with E-state index in [1.54, 1.807) is 24.4 Å². The molecule has 2 rings (SSSR count). The normalized spacial score (nSPS) is 10.3. The molecule has 0 saturated carbocycles. The van der Waals surface area contributed by atoms with Gasteiger partial charge < -0.3 is 15.8 Å². The minimum atomic E-state index is -0.410. The third-order valence-electron chi connectivity index (χ3n) is 2.65. The number of hydrogen-bond acceptors (Lipinski definition) is 4. The number of nitrogens with two attached hydrogens (primary N) is 1. The van der Waals surface area contributed by atoms with Crippen LogP contribution >= 0.6 is 0 Å². The average Bonchev–Trinajstić information content (AvgIpc) is 2.37. The van der Waals surface area contributed by atoms with Crippen LogP contribution in [0.25, 0.3) is 0 Å². The Morgan fingerprint density at radius 1 is 1.37 bits per heavy atom. The lowest BCUT2D eigenvalue weighted by Gasteiger charge is -2.09. The fraction of sp³-hybridized carbons (Fsp3) is 0.214. The summed E-state index contributed by atoms with van der Waals surface area (Å²) in [5, 5.41) is 3.00. The van der Waals surface area contributed by atoms with E-state index in [9.17, 15) is 4.39 Å². The molecule has 0 unspecified atom stereocenters. The van der Waals surface area contributed by atoms with Gasteiger partial charge in [-0.2, -0.15) is 0 Å². The molecule has 0 amide bonds. The molecule has 0 radical (unpaired) electrons. The van der Waals surface area contributed by atoms with Gasteiger partial charge in [0.1, 0.15) is 5.82 Å². The number of halogens is 1. The van der Waals surface area contributed by atoms with Crippen molar-refractivity contribution in [3.05, 3.63) is 41.8 Å². The maximum atomic E-state index is 13.7. The van der Waals surface area contributed by atoms with E-state index in [4.69, 9.17) is 10.5 Å². The molecular formula is C14H16FN3O. The summed E-state index contributed by atoms with van der Waals surface area (Å²) in [4.78, 5) is 4.18. The molecular weight excluding hydrogens is 245 g/mol. The molecule has 1 heterocycles. The van der Waals surface area contributed by atoms with Crippen LogP contribution in [0.1, 0.15) is 12.5 Å². The van der Waals surface area contributed by atoms with E-state index in [2.05, 4.69) is 10.3 Å². The van der Waals surface area contributed by atoms with Crippen LogP contribution in [0.2, 0.25) is 0 Å². The topological polar surface area (TPSA) is 60.2 Å². The van der Waals surface area contributed by atoms with Gasteiger partial charge in [-0.3, -0.25) is 0 Å². The summed E-state index contributed by atoms with van der Waals surface area (Å²) in [7, 11) is 0. The fourth-order valence-electron chi connectivity index (χ4n) is 1.61. The smallest absolute Gasteiger partial charge is 0.167 e. The van der Waals surface area contributed by atoms with Crippen LogP contribution in [0, 0.1) is 12.7 Å². The van der Waals surface area contributed by atoms with Crippen molar-refractivity contribution in [2.45, 2.75) is 13.8 Å². The third kappa shape index (κ3) is 3.13. The summed E-state index contributed by atoms with van der Waals surface area (Å²) >= 11 is 0. The molecule has 19 heavy (non-hydrogen) atoms. The highest BCUT2D eigenvalue weighted by atomic mass is 19.1. The van der Waals surface area contributed by atoms with Gasteiger partial charge in [0.05, 0.1) is 6.61 Å². The van der Waals surface area contributed by atoms with Gasteiger partial charge in [0.2, 0.25) is 0 Å². The largest absolute Gasteiger partial charge is 0.491 e. The molecule has 0 spiro atoms. The highest BCUT2D eigenvalue weighted by Gasteiger charge is 2.05. The predicted octanol–water partition coefficient (Wildman–Crippen LogP) is 3.25. The van der Waals surface area contributed by atoms with Crippen LogP contribution in [0.5, 0.6) is 5.75 Å². The second-order valence-corrected chi connectivity index (χ2v) is 4.13. The Morgan fingerprint density at radius 3 is 2.79 bits per heavy atom. The number of nitrogens with zero attached hydrogens (tertiary/aromatic N) is 1. The number of nitrogen functional groups attached to an aromatic ring is 1. The lowest BCUT2D eigenvalue weighted by Crippen LogP contribution is -1.99.